The van der Waals surface area contributed by atoms with Crippen molar-refractivity contribution >= 4 is 5.91 Å². The van der Waals surface area contributed by atoms with Crippen LogP contribution in [0.15, 0.2) is 24.3 Å². The molecule has 0 unspecified atom stereocenters. The molecule has 0 aromatic heterocycles. The largest absolute Gasteiger partial charge is 0.496 e. The van der Waals surface area contributed by atoms with Crippen LogP contribution < -0.4 is 10.1 Å². The Morgan fingerprint density at radius 3 is 2.59 bits per heavy atom. The van der Waals surface area contributed by atoms with Gasteiger partial charge in [0.05, 0.1) is 13.5 Å². The van der Waals surface area contributed by atoms with Gasteiger partial charge in [-0.1, -0.05) is 24.6 Å². The van der Waals surface area contributed by atoms with Gasteiger partial charge in [-0.05, 0) is 45.8 Å². The van der Waals surface area contributed by atoms with E-state index in [1.54, 1.807) is 7.11 Å². The number of rotatable bonds is 6. The first-order valence-electron chi connectivity index (χ1n) is 8.16. The van der Waals surface area contributed by atoms with Crippen LogP contribution in [0.5, 0.6) is 5.75 Å². The molecule has 1 aliphatic heterocycles. The molecule has 122 valence electrons. The minimum Gasteiger partial charge on any atom is -0.496 e. The Morgan fingerprint density at radius 1 is 1.23 bits per heavy atom. The molecule has 0 radical (unpaired) electrons. The lowest BCUT2D eigenvalue weighted by Gasteiger charge is -2.41. The Bertz CT molecular complexity index is 494. The number of para-hydroxylation sites is 1. The number of carbonyl (C=O) groups excluding carboxylic acids is 1. The number of nitrogens with one attached hydrogen (secondary N) is 1. The fourth-order valence-electron chi connectivity index (χ4n) is 3.01. The maximum absolute atomic E-state index is 12.2. The smallest absolute Gasteiger partial charge is 0.224 e. The van der Waals surface area contributed by atoms with E-state index in [9.17, 15) is 4.79 Å². The lowest BCUT2D eigenvalue weighted by molar-refractivity contribution is -0.121. The molecule has 1 aromatic rings. The van der Waals surface area contributed by atoms with Crippen molar-refractivity contribution in [1.82, 2.24) is 10.2 Å². The number of benzene rings is 1. The molecule has 1 amide bonds. The molecule has 1 aliphatic rings. The number of hydrogen-bond acceptors (Lipinski definition) is 3. The summed E-state index contributed by atoms with van der Waals surface area (Å²) in [6, 6.07) is 7.68. The number of ether oxygens (including phenoxy) is 1. The van der Waals surface area contributed by atoms with Gasteiger partial charge in [0.15, 0.2) is 0 Å². The molecule has 4 nitrogen and oxygen atoms in total. The third-order valence-electron chi connectivity index (χ3n) is 4.47. The molecule has 1 heterocycles. The molecular formula is C18H28N2O2. The van der Waals surface area contributed by atoms with Gasteiger partial charge in [0.1, 0.15) is 5.75 Å². The molecule has 1 fully saturated rings. The molecule has 1 aromatic carbocycles. The van der Waals surface area contributed by atoms with Gasteiger partial charge in [-0.3, -0.25) is 9.69 Å². The van der Waals surface area contributed by atoms with Crippen LogP contribution in [-0.4, -0.2) is 43.1 Å². The van der Waals surface area contributed by atoms with Gasteiger partial charge in [-0.25, -0.2) is 0 Å². The minimum absolute atomic E-state index is 0.0108. The zero-order valence-electron chi connectivity index (χ0n) is 14.0. The molecule has 4 heteroatoms. The first-order valence-corrected chi connectivity index (χ1v) is 8.16. The Kier molecular flexibility index (Phi) is 5.83. The average Bonchev–Trinajstić information content (AvgIpc) is 2.54. The van der Waals surface area contributed by atoms with E-state index < -0.39 is 0 Å². The van der Waals surface area contributed by atoms with Crippen LogP contribution in [0.3, 0.4) is 0 Å². The van der Waals surface area contributed by atoms with E-state index in [-0.39, 0.29) is 11.4 Å². The molecule has 0 atom stereocenters. The van der Waals surface area contributed by atoms with Crippen molar-refractivity contribution < 1.29 is 9.53 Å². The topological polar surface area (TPSA) is 41.6 Å². The number of methoxy groups -OCH3 is 1. The van der Waals surface area contributed by atoms with Gasteiger partial charge >= 0.3 is 0 Å². The third kappa shape index (κ3) is 4.47. The number of hydrogen-bond donors (Lipinski definition) is 1. The van der Waals surface area contributed by atoms with Gasteiger partial charge in [-0.15, -0.1) is 0 Å². The van der Waals surface area contributed by atoms with E-state index in [0.29, 0.717) is 13.0 Å². The van der Waals surface area contributed by atoms with Gasteiger partial charge < -0.3 is 10.1 Å². The van der Waals surface area contributed by atoms with E-state index in [2.05, 4.69) is 24.1 Å². The summed E-state index contributed by atoms with van der Waals surface area (Å²) in [6.45, 7) is 7.37. The van der Waals surface area contributed by atoms with Crippen molar-refractivity contribution in [1.29, 1.82) is 0 Å². The van der Waals surface area contributed by atoms with Crippen molar-refractivity contribution in [2.24, 2.45) is 0 Å². The van der Waals surface area contributed by atoms with Crippen LogP contribution in [0.4, 0.5) is 0 Å². The summed E-state index contributed by atoms with van der Waals surface area (Å²) in [4.78, 5) is 14.7. The SMILES string of the molecule is COc1ccccc1CC(=O)NCC(C)(C)N1CCCCC1. The maximum atomic E-state index is 12.2. The number of piperidine rings is 1. The fourth-order valence-corrected chi connectivity index (χ4v) is 3.01. The van der Waals surface area contributed by atoms with Crippen molar-refractivity contribution in [2.75, 3.05) is 26.7 Å². The molecule has 0 spiro atoms. The van der Waals surface area contributed by atoms with Crippen LogP contribution in [-0.2, 0) is 11.2 Å². The van der Waals surface area contributed by atoms with E-state index >= 15 is 0 Å². The molecule has 0 bridgehead atoms. The summed E-state index contributed by atoms with van der Waals surface area (Å²) >= 11 is 0. The van der Waals surface area contributed by atoms with Gasteiger partial charge in [0, 0.05) is 17.6 Å². The molecule has 1 N–H and O–H groups in total. The summed E-state index contributed by atoms with van der Waals surface area (Å²) in [5.74, 6) is 0.822. The van der Waals surface area contributed by atoms with Crippen LogP contribution >= 0.6 is 0 Å². The van der Waals surface area contributed by atoms with Crippen LogP contribution in [0, 0.1) is 0 Å². The first-order chi connectivity index (χ1) is 10.5. The predicted molar refractivity (Wildman–Crippen MR) is 89.2 cm³/mol. The highest BCUT2D eigenvalue weighted by Gasteiger charge is 2.28. The van der Waals surface area contributed by atoms with Crippen molar-refractivity contribution in [3.8, 4) is 5.75 Å². The monoisotopic (exact) mass is 304 g/mol. The van der Waals surface area contributed by atoms with Gasteiger partial charge in [-0.2, -0.15) is 0 Å². The lowest BCUT2D eigenvalue weighted by atomic mass is 9.98. The molecule has 0 saturated carbocycles. The highest BCUT2D eigenvalue weighted by molar-refractivity contribution is 5.79. The zero-order valence-corrected chi connectivity index (χ0v) is 14.0. The second-order valence-corrected chi connectivity index (χ2v) is 6.63. The quantitative estimate of drug-likeness (QED) is 0.878. The average molecular weight is 304 g/mol. The van der Waals surface area contributed by atoms with E-state index in [4.69, 9.17) is 4.74 Å². The summed E-state index contributed by atoms with van der Waals surface area (Å²) < 4.78 is 5.30. The number of carbonyl (C=O) groups is 1. The van der Waals surface area contributed by atoms with Crippen molar-refractivity contribution in [3.63, 3.8) is 0 Å². The van der Waals surface area contributed by atoms with Crippen LogP contribution in [0.25, 0.3) is 0 Å². The number of nitrogens with zero attached hydrogens (tertiary/aromatic N) is 1. The Labute approximate surface area is 133 Å². The summed E-state index contributed by atoms with van der Waals surface area (Å²) in [7, 11) is 1.64. The van der Waals surface area contributed by atoms with Crippen LogP contribution in [0.1, 0.15) is 38.7 Å². The minimum atomic E-state index is 0.0108. The normalized spacial score (nSPS) is 16.3. The Morgan fingerprint density at radius 2 is 1.91 bits per heavy atom. The summed E-state index contributed by atoms with van der Waals surface area (Å²) in [5.41, 5.74) is 0.940. The molecular weight excluding hydrogens is 276 g/mol. The molecule has 1 saturated heterocycles. The van der Waals surface area contributed by atoms with E-state index in [1.165, 1.54) is 19.3 Å². The number of amides is 1. The highest BCUT2D eigenvalue weighted by atomic mass is 16.5. The summed E-state index contributed by atoms with van der Waals surface area (Å²) in [6.07, 6.45) is 4.21. The maximum Gasteiger partial charge on any atom is 0.224 e. The third-order valence-corrected chi connectivity index (χ3v) is 4.47. The Balaban J connectivity index is 1.86. The van der Waals surface area contributed by atoms with E-state index in [1.807, 2.05) is 24.3 Å². The lowest BCUT2D eigenvalue weighted by Crippen LogP contribution is -2.53. The second kappa shape index (κ2) is 7.63. The van der Waals surface area contributed by atoms with Crippen LogP contribution in [0.2, 0.25) is 0 Å². The second-order valence-electron chi connectivity index (χ2n) is 6.63. The Hall–Kier alpha value is -1.55. The number of likely N-dealkylation sites (tertiary alicyclic amines) is 1. The van der Waals surface area contributed by atoms with E-state index in [0.717, 1.165) is 24.4 Å². The van der Waals surface area contributed by atoms with Gasteiger partial charge in [0.2, 0.25) is 5.91 Å². The summed E-state index contributed by atoms with van der Waals surface area (Å²) in [5, 5.41) is 3.08. The standard InChI is InChI=1S/C18H28N2O2/c1-18(2,20-11-7-4-8-12-20)14-19-17(21)13-15-9-5-6-10-16(15)22-3/h5-6,9-10H,4,7-8,11-14H2,1-3H3,(H,19,21). The molecule has 2 rings (SSSR count). The van der Waals surface area contributed by atoms with Crippen molar-refractivity contribution in [3.05, 3.63) is 29.8 Å². The van der Waals surface area contributed by atoms with Gasteiger partial charge in [0.25, 0.3) is 0 Å². The predicted octanol–water partition coefficient (Wildman–Crippen LogP) is 2.62. The molecule has 0 aliphatic carbocycles. The zero-order chi connectivity index (χ0) is 16.0. The highest BCUT2D eigenvalue weighted by Crippen LogP contribution is 2.20. The fraction of sp³-hybridized carbons (Fsp3) is 0.611. The van der Waals surface area contributed by atoms with Crippen molar-refractivity contribution in [2.45, 2.75) is 45.1 Å². The first kappa shape index (κ1) is 16.8. The molecule has 22 heavy (non-hydrogen) atoms.